The van der Waals surface area contributed by atoms with Crippen molar-refractivity contribution in [2.24, 2.45) is 0 Å². The van der Waals surface area contributed by atoms with Crippen molar-refractivity contribution in [3.05, 3.63) is 137 Å². The van der Waals surface area contributed by atoms with Crippen LogP contribution in [0.4, 0.5) is 24.5 Å². The van der Waals surface area contributed by atoms with Crippen LogP contribution < -0.4 is 9.47 Å². The predicted molar refractivity (Wildman–Crippen MR) is 178 cm³/mol. The van der Waals surface area contributed by atoms with Crippen molar-refractivity contribution >= 4 is 27.3 Å². The molecule has 0 aliphatic heterocycles. The lowest BCUT2D eigenvalue weighted by molar-refractivity contribution is -0.388. The summed E-state index contributed by atoms with van der Waals surface area (Å²) in [6.07, 6.45) is -4.82. The van der Waals surface area contributed by atoms with Crippen molar-refractivity contribution in [2.75, 3.05) is 0 Å². The normalized spacial score (nSPS) is 11.7. The lowest BCUT2D eigenvalue weighted by Gasteiger charge is -2.24. The van der Waals surface area contributed by atoms with Crippen LogP contribution in [0.25, 0.3) is 0 Å². The van der Waals surface area contributed by atoms with E-state index in [0.29, 0.717) is 16.8 Å². The minimum atomic E-state index is -4.82. The minimum absolute atomic E-state index is 0.0102. The zero-order chi connectivity index (χ0) is 35.2. The number of hydrogen-bond donors (Lipinski definition) is 0. The lowest BCUT2D eigenvalue weighted by atomic mass is 9.85. The first-order valence-electron chi connectivity index (χ1n) is 14.5. The summed E-state index contributed by atoms with van der Waals surface area (Å²) >= 11 is 3.27. The molecule has 0 aromatic heterocycles. The fourth-order valence-corrected chi connectivity index (χ4v) is 5.00. The van der Waals surface area contributed by atoms with Crippen LogP contribution >= 0.6 is 15.9 Å². The van der Waals surface area contributed by atoms with Crippen LogP contribution in [0.3, 0.4) is 0 Å². The number of halogens is 4. The van der Waals surface area contributed by atoms with E-state index in [4.69, 9.17) is 9.47 Å². The first kappa shape index (κ1) is 37.0. The molecule has 250 valence electrons. The highest BCUT2D eigenvalue weighted by molar-refractivity contribution is 9.10. The second-order valence-corrected chi connectivity index (χ2v) is 13.6. The van der Waals surface area contributed by atoms with E-state index in [-0.39, 0.29) is 29.0 Å². The van der Waals surface area contributed by atoms with Crippen LogP contribution in [0.15, 0.2) is 89.4 Å². The summed E-state index contributed by atoms with van der Waals surface area (Å²) < 4.78 is 51.6. The van der Waals surface area contributed by atoms with Crippen LogP contribution in [0.1, 0.15) is 69.4 Å². The topological polar surface area (TPSA) is 105 Å². The standard InChI is InChI=1S/C18H18F3NO3.C17H18BrNO3/c1-17(2,3)14-9-13(18(19,20)21)15(22(23)24)10-16(14)25-11-12-7-5-4-6-8-12;1-17(2,3)13-9-14(18)15(19(20)21)10-16(13)22-11-12-7-5-4-6-8-12/h4-10H,11H2,1-3H3;4-10H,11H2,1-3H3. The van der Waals surface area contributed by atoms with E-state index in [2.05, 4.69) is 36.7 Å². The Morgan fingerprint density at radius 1 is 0.617 bits per heavy atom. The van der Waals surface area contributed by atoms with Gasteiger partial charge >= 0.3 is 6.18 Å². The van der Waals surface area contributed by atoms with Gasteiger partial charge < -0.3 is 9.47 Å². The number of alkyl halides is 3. The number of nitrogens with zero attached hydrogens (tertiary/aromatic N) is 2. The van der Waals surface area contributed by atoms with Gasteiger partial charge in [-0.05, 0) is 50.0 Å². The Labute approximate surface area is 280 Å². The Morgan fingerprint density at radius 2 is 1.00 bits per heavy atom. The van der Waals surface area contributed by atoms with Crippen molar-refractivity contribution in [1.29, 1.82) is 0 Å². The molecule has 0 amide bonds. The molecule has 0 N–H and O–H groups in total. The van der Waals surface area contributed by atoms with E-state index in [0.717, 1.165) is 28.8 Å². The van der Waals surface area contributed by atoms with Gasteiger partial charge in [0.15, 0.2) is 0 Å². The van der Waals surface area contributed by atoms with Gasteiger partial charge in [0.2, 0.25) is 0 Å². The molecule has 0 bridgehead atoms. The molecular weight excluding hydrogens is 681 g/mol. The second-order valence-electron chi connectivity index (χ2n) is 12.7. The molecule has 47 heavy (non-hydrogen) atoms. The molecule has 8 nitrogen and oxygen atoms in total. The molecule has 4 rings (SSSR count). The maximum Gasteiger partial charge on any atom is 0.423 e. The van der Waals surface area contributed by atoms with Gasteiger partial charge in [-0.15, -0.1) is 0 Å². The van der Waals surface area contributed by atoms with E-state index < -0.39 is 32.7 Å². The van der Waals surface area contributed by atoms with Crippen molar-refractivity contribution in [3.8, 4) is 11.5 Å². The molecule has 0 heterocycles. The van der Waals surface area contributed by atoms with Gasteiger partial charge in [0.25, 0.3) is 11.4 Å². The maximum atomic E-state index is 13.2. The molecule has 4 aromatic rings. The Balaban J connectivity index is 0.000000257. The van der Waals surface area contributed by atoms with Gasteiger partial charge in [-0.25, -0.2) is 0 Å². The number of nitro benzene ring substituents is 2. The highest BCUT2D eigenvalue weighted by Crippen LogP contribution is 2.43. The Bertz CT molecular complexity index is 1700. The van der Waals surface area contributed by atoms with Gasteiger partial charge in [-0.2, -0.15) is 13.2 Å². The molecule has 0 radical (unpaired) electrons. The molecule has 0 atom stereocenters. The first-order chi connectivity index (χ1) is 21.8. The summed E-state index contributed by atoms with van der Waals surface area (Å²) in [6.45, 7) is 11.8. The van der Waals surface area contributed by atoms with E-state index in [1.165, 1.54) is 6.07 Å². The number of nitro groups is 2. The number of hydrogen-bond acceptors (Lipinski definition) is 6. The number of ether oxygens (including phenoxy) is 2. The van der Waals surface area contributed by atoms with E-state index in [1.807, 2.05) is 36.4 Å². The molecular formula is C35H36BrF3N2O6. The lowest BCUT2D eigenvalue weighted by Crippen LogP contribution is -2.17. The number of rotatable bonds is 8. The minimum Gasteiger partial charge on any atom is -0.488 e. The molecule has 0 saturated heterocycles. The Hall–Kier alpha value is -4.45. The molecule has 12 heteroatoms. The molecule has 0 saturated carbocycles. The van der Waals surface area contributed by atoms with Gasteiger partial charge in [0.05, 0.1) is 26.5 Å². The number of benzene rings is 4. The SMILES string of the molecule is CC(C)(C)c1cc(Br)c([N+](=O)[O-])cc1OCc1ccccc1.CC(C)(C)c1cc(C(F)(F)F)c([N+](=O)[O-])cc1OCc1ccccc1. The van der Waals surface area contributed by atoms with Crippen LogP contribution in [-0.2, 0) is 30.2 Å². The summed E-state index contributed by atoms with van der Waals surface area (Å²) in [4.78, 5) is 20.8. The second kappa shape index (κ2) is 15.0. The third-order valence-electron chi connectivity index (χ3n) is 6.94. The summed E-state index contributed by atoms with van der Waals surface area (Å²) in [5, 5.41) is 22.2. The van der Waals surface area contributed by atoms with Crippen LogP contribution in [0, 0.1) is 20.2 Å². The average Bonchev–Trinajstić information content (AvgIpc) is 2.98. The molecule has 0 aliphatic rings. The molecule has 4 aromatic carbocycles. The third kappa shape index (κ3) is 10.3. The summed E-state index contributed by atoms with van der Waals surface area (Å²) in [7, 11) is 0. The van der Waals surface area contributed by atoms with Crippen molar-refractivity contribution in [3.63, 3.8) is 0 Å². The zero-order valence-corrected chi connectivity index (χ0v) is 28.4. The first-order valence-corrected chi connectivity index (χ1v) is 15.3. The van der Waals surface area contributed by atoms with E-state index >= 15 is 0 Å². The highest BCUT2D eigenvalue weighted by Gasteiger charge is 2.40. The van der Waals surface area contributed by atoms with Crippen molar-refractivity contribution in [2.45, 2.75) is 71.8 Å². The van der Waals surface area contributed by atoms with Gasteiger partial charge in [-0.3, -0.25) is 20.2 Å². The van der Waals surface area contributed by atoms with E-state index in [1.54, 1.807) is 51.1 Å². The predicted octanol–water partition coefficient (Wildman–Crippen LogP) is 10.7. The van der Waals surface area contributed by atoms with Gasteiger partial charge in [0, 0.05) is 11.1 Å². The van der Waals surface area contributed by atoms with Gasteiger partial charge in [0.1, 0.15) is 30.3 Å². The van der Waals surface area contributed by atoms with Crippen LogP contribution in [0.5, 0.6) is 11.5 Å². The quantitative estimate of drug-likeness (QED) is 0.133. The fourth-order valence-electron chi connectivity index (χ4n) is 4.51. The smallest absolute Gasteiger partial charge is 0.423 e. The highest BCUT2D eigenvalue weighted by atomic mass is 79.9. The van der Waals surface area contributed by atoms with Crippen LogP contribution in [-0.4, -0.2) is 9.85 Å². The van der Waals surface area contributed by atoms with Crippen molar-refractivity contribution < 1.29 is 32.5 Å². The largest absolute Gasteiger partial charge is 0.488 e. The third-order valence-corrected chi connectivity index (χ3v) is 7.57. The van der Waals surface area contributed by atoms with E-state index in [9.17, 15) is 33.4 Å². The molecule has 0 fully saturated rings. The zero-order valence-electron chi connectivity index (χ0n) is 26.9. The summed E-state index contributed by atoms with van der Waals surface area (Å²) in [5.41, 5.74) is -0.0978. The Kier molecular flexibility index (Phi) is 11.8. The van der Waals surface area contributed by atoms with Crippen LogP contribution in [0.2, 0.25) is 0 Å². The maximum absolute atomic E-state index is 13.2. The molecule has 0 unspecified atom stereocenters. The Morgan fingerprint density at radius 3 is 1.36 bits per heavy atom. The van der Waals surface area contributed by atoms with Gasteiger partial charge in [-0.1, -0.05) is 102 Å². The average molecular weight is 718 g/mol. The summed E-state index contributed by atoms with van der Waals surface area (Å²) in [6, 6.07) is 23.7. The fraction of sp³-hybridized carbons (Fsp3) is 0.314. The van der Waals surface area contributed by atoms with Crippen molar-refractivity contribution in [1.82, 2.24) is 0 Å². The summed E-state index contributed by atoms with van der Waals surface area (Å²) in [5.74, 6) is 0.627. The monoisotopic (exact) mass is 716 g/mol. The molecule has 0 spiro atoms. The molecule has 0 aliphatic carbocycles.